The highest BCUT2D eigenvalue weighted by molar-refractivity contribution is 5.92. The molecule has 7 nitrogen and oxygen atoms in total. The zero-order chi connectivity index (χ0) is 17.2. The lowest BCUT2D eigenvalue weighted by Crippen LogP contribution is -2.43. The Balaban J connectivity index is 0.00000312. The van der Waals surface area contributed by atoms with Crippen LogP contribution in [-0.4, -0.2) is 63.2 Å². The predicted octanol–water partition coefficient (Wildman–Crippen LogP) is 1.28. The molecule has 0 saturated carbocycles. The minimum atomic E-state index is -0.0755. The summed E-state index contributed by atoms with van der Waals surface area (Å²) in [6.07, 6.45) is 1.20. The number of nitrogens with zero attached hydrogens (tertiary/aromatic N) is 1. The van der Waals surface area contributed by atoms with Crippen molar-refractivity contribution < 1.29 is 19.1 Å². The Hall–Kier alpha value is -1.83. The summed E-state index contributed by atoms with van der Waals surface area (Å²) in [7, 11) is 1.85. The topological polar surface area (TPSA) is 79.9 Å². The van der Waals surface area contributed by atoms with E-state index in [1.165, 1.54) is 0 Å². The van der Waals surface area contributed by atoms with Crippen LogP contribution >= 0.6 is 12.4 Å². The third kappa shape index (κ3) is 7.29. The van der Waals surface area contributed by atoms with Crippen LogP contribution in [0.3, 0.4) is 0 Å². The molecule has 1 saturated heterocycles. The Bertz CT molecular complexity index is 550. The summed E-state index contributed by atoms with van der Waals surface area (Å²) < 4.78 is 10.8. The summed E-state index contributed by atoms with van der Waals surface area (Å²) in [6, 6.07) is 7.14. The molecular formula is C17H26ClN3O4. The summed E-state index contributed by atoms with van der Waals surface area (Å²) >= 11 is 0. The minimum Gasteiger partial charge on any atom is -0.482 e. The number of rotatable bonds is 8. The van der Waals surface area contributed by atoms with Crippen LogP contribution < -0.4 is 15.4 Å². The van der Waals surface area contributed by atoms with E-state index in [9.17, 15) is 9.59 Å². The van der Waals surface area contributed by atoms with Gasteiger partial charge < -0.3 is 25.0 Å². The van der Waals surface area contributed by atoms with Gasteiger partial charge in [0.1, 0.15) is 5.75 Å². The van der Waals surface area contributed by atoms with E-state index in [1.807, 2.05) is 19.2 Å². The molecule has 25 heavy (non-hydrogen) atoms. The molecule has 0 radical (unpaired) electrons. The highest BCUT2D eigenvalue weighted by Gasteiger charge is 2.17. The van der Waals surface area contributed by atoms with Crippen molar-refractivity contribution in [2.24, 2.45) is 0 Å². The molecule has 0 unspecified atom stereocenters. The van der Waals surface area contributed by atoms with Gasteiger partial charge in [-0.25, -0.2) is 0 Å². The van der Waals surface area contributed by atoms with Crippen molar-refractivity contribution in [1.29, 1.82) is 0 Å². The fourth-order valence-electron chi connectivity index (χ4n) is 2.38. The summed E-state index contributed by atoms with van der Waals surface area (Å²) in [4.78, 5) is 25.8. The number of carbonyl (C=O) groups excluding carboxylic acids is 2. The number of carbonyl (C=O) groups is 2. The lowest BCUT2D eigenvalue weighted by atomic mass is 10.2. The van der Waals surface area contributed by atoms with Gasteiger partial charge in [0.05, 0.1) is 18.9 Å². The number of morpholine rings is 1. The van der Waals surface area contributed by atoms with E-state index < -0.39 is 0 Å². The molecule has 1 aliphatic rings. The molecule has 2 amide bonds. The molecule has 1 aliphatic heterocycles. The second-order valence-electron chi connectivity index (χ2n) is 5.53. The van der Waals surface area contributed by atoms with Gasteiger partial charge in [-0.3, -0.25) is 9.59 Å². The van der Waals surface area contributed by atoms with Crippen LogP contribution in [-0.2, 0) is 14.3 Å². The minimum absolute atomic E-state index is 0. The van der Waals surface area contributed by atoms with Gasteiger partial charge in [-0.15, -0.1) is 12.4 Å². The number of benzene rings is 1. The van der Waals surface area contributed by atoms with Crippen LogP contribution in [0.2, 0.25) is 0 Å². The van der Waals surface area contributed by atoms with Crippen molar-refractivity contribution in [2.45, 2.75) is 12.8 Å². The number of anilines is 1. The van der Waals surface area contributed by atoms with Crippen molar-refractivity contribution >= 4 is 29.9 Å². The second-order valence-corrected chi connectivity index (χ2v) is 5.53. The van der Waals surface area contributed by atoms with Gasteiger partial charge in [-0.1, -0.05) is 12.1 Å². The van der Waals surface area contributed by atoms with E-state index in [-0.39, 0.29) is 30.8 Å². The predicted molar refractivity (Wildman–Crippen MR) is 98.4 cm³/mol. The zero-order valence-corrected chi connectivity index (χ0v) is 15.3. The molecule has 2 N–H and O–H groups in total. The molecule has 0 bridgehead atoms. The zero-order valence-electron chi connectivity index (χ0n) is 14.5. The van der Waals surface area contributed by atoms with E-state index >= 15 is 0 Å². The summed E-state index contributed by atoms with van der Waals surface area (Å²) in [5.74, 6) is 0.357. The maximum Gasteiger partial charge on any atom is 0.260 e. The van der Waals surface area contributed by atoms with Gasteiger partial charge in [-0.05, 0) is 32.1 Å². The molecule has 1 fully saturated rings. The maximum absolute atomic E-state index is 12.1. The fraction of sp³-hybridized carbons (Fsp3) is 0.529. The molecule has 0 aliphatic carbocycles. The van der Waals surface area contributed by atoms with Crippen LogP contribution in [0.5, 0.6) is 5.75 Å². The van der Waals surface area contributed by atoms with E-state index in [4.69, 9.17) is 9.47 Å². The first-order valence-corrected chi connectivity index (χ1v) is 8.22. The number of nitrogens with one attached hydrogen (secondary N) is 2. The second kappa shape index (κ2) is 11.7. The monoisotopic (exact) mass is 371 g/mol. The smallest absolute Gasteiger partial charge is 0.260 e. The van der Waals surface area contributed by atoms with Gasteiger partial charge >= 0.3 is 0 Å². The highest BCUT2D eigenvalue weighted by atomic mass is 35.5. The van der Waals surface area contributed by atoms with Gasteiger partial charge in [-0.2, -0.15) is 0 Å². The lowest BCUT2D eigenvalue weighted by Gasteiger charge is -2.26. The van der Waals surface area contributed by atoms with E-state index in [1.54, 1.807) is 17.0 Å². The van der Waals surface area contributed by atoms with Crippen LogP contribution in [0.15, 0.2) is 24.3 Å². The number of amides is 2. The Morgan fingerprint density at radius 3 is 2.68 bits per heavy atom. The third-order valence-electron chi connectivity index (χ3n) is 3.71. The summed E-state index contributed by atoms with van der Waals surface area (Å²) in [5, 5.41) is 5.84. The molecule has 8 heteroatoms. The van der Waals surface area contributed by atoms with Gasteiger partial charge in [0.15, 0.2) is 6.61 Å². The first kappa shape index (κ1) is 21.2. The average molecular weight is 372 g/mol. The molecular weight excluding hydrogens is 346 g/mol. The molecule has 2 rings (SSSR count). The fourth-order valence-corrected chi connectivity index (χ4v) is 2.38. The molecule has 0 spiro atoms. The summed E-state index contributed by atoms with van der Waals surface area (Å²) in [5.41, 5.74) is 0.585. The Morgan fingerprint density at radius 2 is 1.96 bits per heavy atom. The Morgan fingerprint density at radius 1 is 1.24 bits per heavy atom. The standard InChI is InChI=1S/C17H25N3O4.ClH/c1-18-8-4-7-16(21)19-14-5-2-3-6-15(14)24-13-17(22)20-9-11-23-12-10-20;/h2-3,5-6,18H,4,7-13H2,1H3,(H,19,21);1H. The molecule has 0 aromatic heterocycles. The van der Waals surface area contributed by atoms with Gasteiger partial charge in [0, 0.05) is 19.5 Å². The number of ether oxygens (including phenoxy) is 2. The first-order valence-electron chi connectivity index (χ1n) is 8.22. The van der Waals surface area contributed by atoms with Crippen LogP contribution in [0.25, 0.3) is 0 Å². The Kier molecular flexibility index (Phi) is 9.91. The average Bonchev–Trinajstić information content (AvgIpc) is 2.61. The number of para-hydroxylation sites is 2. The van der Waals surface area contributed by atoms with Crippen molar-refractivity contribution in [1.82, 2.24) is 10.2 Å². The Labute approximate surface area is 154 Å². The van der Waals surface area contributed by atoms with E-state index in [2.05, 4.69) is 10.6 Å². The van der Waals surface area contributed by atoms with E-state index in [0.29, 0.717) is 44.2 Å². The molecule has 1 heterocycles. The number of halogens is 1. The summed E-state index contributed by atoms with van der Waals surface area (Å²) in [6.45, 7) is 3.04. The molecule has 1 aromatic rings. The quantitative estimate of drug-likeness (QED) is 0.673. The normalized spacial score (nSPS) is 13.7. The number of hydrogen-bond acceptors (Lipinski definition) is 5. The van der Waals surface area contributed by atoms with Crippen LogP contribution in [0.1, 0.15) is 12.8 Å². The first-order chi connectivity index (χ1) is 11.7. The molecule has 0 atom stereocenters. The number of hydrogen-bond donors (Lipinski definition) is 2. The maximum atomic E-state index is 12.1. The van der Waals surface area contributed by atoms with Crippen molar-refractivity contribution in [3.8, 4) is 5.75 Å². The van der Waals surface area contributed by atoms with Gasteiger partial charge in [0.2, 0.25) is 5.91 Å². The lowest BCUT2D eigenvalue weighted by molar-refractivity contribution is -0.137. The van der Waals surface area contributed by atoms with Crippen molar-refractivity contribution in [3.05, 3.63) is 24.3 Å². The van der Waals surface area contributed by atoms with Gasteiger partial charge in [0.25, 0.3) is 5.91 Å². The molecule has 1 aromatic carbocycles. The van der Waals surface area contributed by atoms with Crippen LogP contribution in [0.4, 0.5) is 5.69 Å². The van der Waals surface area contributed by atoms with Crippen LogP contribution in [0, 0.1) is 0 Å². The third-order valence-corrected chi connectivity index (χ3v) is 3.71. The van der Waals surface area contributed by atoms with E-state index in [0.717, 1.165) is 13.0 Å². The van der Waals surface area contributed by atoms with Crippen molar-refractivity contribution in [3.63, 3.8) is 0 Å². The highest BCUT2D eigenvalue weighted by Crippen LogP contribution is 2.24. The molecule has 140 valence electrons. The van der Waals surface area contributed by atoms with Crippen molar-refractivity contribution in [2.75, 3.05) is 51.8 Å². The SMILES string of the molecule is CNCCCC(=O)Nc1ccccc1OCC(=O)N1CCOCC1.Cl. The largest absolute Gasteiger partial charge is 0.482 e.